The van der Waals surface area contributed by atoms with Gasteiger partial charge in [0.05, 0.1) is 20.8 Å². The van der Waals surface area contributed by atoms with Crippen molar-refractivity contribution in [3.05, 3.63) is 18.2 Å². The zero-order chi connectivity index (χ0) is 13.2. The largest absolute Gasteiger partial charge is 0.493 e. The molecule has 3 nitrogen and oxygen atoms in total. The summed E-state index contributed by atoms with van der Waals surface area (Å²) in [4.78, 5) is 1.69. The van der Waals surface area contributed by atoms with E-state index in [0.29, 0.717) is 24.5 Å². The molecule has 0 unspecified atom stereocenters. The molecule has 0 aromatic heterocycles. The van der Waals surface area contributed by atoms with Crippen molar-refractivity contribution in [3.63, 3.8) is 0 Å². The quantitative estimate of drug-likeness (QED) is 0.831. The number of benzene rings is 1. The van der Waals surface area contributed by atoms with Crippen LogP contribution < -0.4 is 14.4 Å². The lowest BCUT2D eigenvalue weighted by Crippen LogP contribution is -2.42. The van der Waals surface area contributed by atoms with Gasteiger partial charge >= 0.3 is 0 Å². The SMILES string of the molecule is COc1ccc(N2CCCC(F)(F)C2)cc1OC. The predicted octanol–water partition coefficient (Wildman–Crippen LogP) is 2.94. The fraction of sp³-hybridized carbons (Fsp3) is 0.538. The van der Waals surface area contributed by atoms with Crippen LogP contribution in [0.4, 0.5) is 14.5 Å². The Bertz CT molecular complexity index is 423. The molecule has 0 N–H and O–H groups in total. The molecule has 0 radical (unpaired) electrons. The normalized spacial score (nSPS) is 18.6. The Kier molecular flexibility index (Phi) is 3.59. The van der Waals surface area contributed by atoms with Gasteiger partial charge in [-0.2, -0.15) is 0 Å². The summed E-state index contributed by atoms with van der Waals surface area (Å²) in [5.41, 5.74) is 0.743. The first-order valence-electron chi connectivity index (χ1n) is 5.90. The maximum Gasteiger partial charge on any atom is 0.265 e. The maximum absolute atomic E-state index is 13.4. The first kappa shape index (κ1) is 12.9. The first-order chi connectivity index (χ1) is 8.55. The van der Waals surface area contributed by atoms with Crippen molar-refractivity contribution in [2.75, 3.05) is 32.2 Å². The third-order valence-corrected chi connectivity index (χ3v) is 3.13. The Labute approximate surface area is 105 Å². The van der Waals surface area contributed by atoms with Crippen LogP contribution in [-0.4, -0.2) is 33.2 Å². The number of alkyl halides is 2. The Morgan fingerprint density at radius 2 is 1.89 bits per heavy atom. The second-order valence-corrected chi connectivity index (χ2v) is 4.42. The number of halogens is 2. The van der Waals surface area contributed by atoms with Crippen molar-refractivity contribution in [1.29, 1.82) is 0 Å². The van der Waals surface area contributed by atoms with Gasteiger partial charge < -0.3 is 14.4 Å². The van der Waals surface area contributed by atoms with Gasteiger partial charge in [-0.15, -0.1) is 0 Å². The molecule has 0 atom stereocenters. The summed E-state index contributed by atoms with van der Waals surface area (Å²) in [7, 11) is 3.08. The van der Waals surface area contributed by atoms with Gasteiger partial charge in [-0.3, -0.25) is 0 Å². The van der Waals surface area contributed by atoms with Crippen molar-refractivity contribution in [1.82, 2.24) is 0 Å². The highest BCUT2D eigenvalue weighted by Gasteiger charge is 2.35. The average molecular weight is 257 g/mol. The Balaban J connectivity index is 2.23. The minimum atomic E-state index is -2.61. The molecule has 5 heteroatoms. The molecule has 1 aromatic rings. The number of rotatable bonds is 3. The summed E-state index contributed by atoms with van der Waals surface area (Å²) in [6.45, 7) is 0.410. The van der Waals surface area contributed by atoms with Crippen molar-refractivity contribution >= 4 is 5.69 Å². The van der Waals surface area contributed by atoms with Gasteiger partial charge in [0.1, 0.15) is 0 Å². The Morgan fingerprint density at radius 3 is 2.50 bits per heavy atom. The lowest BCUT2D eigenvalue weighted by molar-refractivity contribution is -0.0116. The molecule has 1 aliphatic rings. The van der Waals surface area contributed by atoms with Crippen LogP contribution in [0.5, 0.6) is 11.5 Å². The lowest BCUT2D eigenvalue weighted by Gasteiger charge is -2.34. The van der Waals surface area contributed by atoms with E-state index in [-0.39, 0.29) is 13.0 Å². The van der Waals surface area contributed by atoms with Crippen LogP contribution >= 0.6 is 0 Å². The van der Waals surface area contributed by atoms with Gasteiger partial charge in [0.25, 0.3) is 5.92 Å². The Hall–Kier alpha value is -1.52. The molecule has 1 fully saturated rings. The maximum atomic E-state index is 13.4. The summed E-state index contributed by atoms with van der Waals surface area (Å²) in [5, 5.41) is 0. The monoisotopic (exact) mass is 257 g/mol. The molecule has 1 aliphatic heterocycles. The molecular weight excluding hydrogens is 240 g/mol. The van der Waals surface area contributed by atoms with E-state index in [0.717, 1.165) is 5.69 Å². The van der Waals surface area contributed by atoms with E-state index in [2.05, 4.69) is 0 Å². The van der Waals surface area contributed by atoms with Crippen molar-refractivity contribution in [3.8, 4) is 11.5 Å². The molecule has 0 saturated carbocycles. The van der Waals surface area contributed by atoms with Crippen LogP contribution in [0, 0.1) is 0 Å². The summed E-state index contributed by atoms with van der Waals surface area (Å²) < 4.78 is 37.0. The van der Waals surface area contributed by atoms with Gasteiger partial charge in [0.2, 0.25) is 0 Å². The number of ether oxygens (including phenoxy) is 2. The van der Waals surface area contributed by atoms with E-state index in [1.165, 1.54) is 7.11 Å². The van der Waals surface area contributed by atoms with Crippen molar-refractivity contribution in [2.45, 2.75) is 18.8 Å². The fourth-order valence-corrected chi connectivity index (χ4v) is 2.21. The van der Waals surface area contributed by atoms with Crippen LogP contribution in [0.25, 0.3) is 0 Å². The molecule has 0 aliphatic carbocycles. The zero-order valence-electron chi connectivity index (χ0n) is 10.6. The first-order valence-corrected chi connectivity index (χ1v) is 5.90. The number of anilines is 1. The van der Waals surface area contributed by atoms with Crippen LogP contribution in [-0.2, 0) is 0 Å². The van der Waals surface area contributed by atoms with Gasteiger partial charge in [0, 0.05) is 24.7 Å². The zero-order valence-corrected chi connectivity index (χ0v) is 10.6. The van der Waals surface area contributed by atoms with E-state index >= 15 is 0 Å². The van der Waals surface area contributed by atoms with Gasteiger partial charge in [-0.05, 0) is 18.6 Å². The lowest BCUT2D eigenvalue weighted by atomic mass is 10.1. The van der Waals surface area contributed by atoms with E-state index in [4.69, 9.17) is 9.47 Å². The standard InChI is InChI=1S/C13H17F2NO2/c1-17-11-5-4-10(8-12(11)18-2)16-7-3-6-13(14,15)9-16/h4-5,8H,3,6-7,9H2,1-2H3. The van der Waals surface area contributed by atoms with Crippen LogP contribution in [0.2, 0.25) is 0 Å². The molecule has 0 amide bonds. The van der Waals surface area contributed by atoms with Crippen molar-refractivity contribution in [2.24, 2.45) is 0 Å². The highest BCUT2D eigenvalue weighted by molar-refractivity contribution is 5.56. The van der Waals surface area contributed by atoms with Gasteiger partial charge in [-0.1, -0.05) is 0 Å². The molecular formula is C13H17F2NO2. The second-order valence-electron chi connectivity index (χ2n) is 4.42. The third kappa shape index (κ3) is 2.66. The highest BCUT2D eigenvalue weighted by atomic mass is 19.3. The van der Waals surface area contributed by atoms with Gasteiger partial charge in [0.15, 0.2) is 11.5 Å². The fourth-order valence-electron chi connectivity index (χ4n) is 2.21. The molecule has 18 heavy (non-hydrogen) atoms. The topological polar surface area (TPSA) is 21.7 Å². The number of piperidine rings is 1. The Morgan fingerprint density at radius 1 is 1.17 bits per heavy atom. The number of nitrogens with zero attached hydrogens (tertiary/aromatic N) is 1. The van der Waals surface area contributed by atoms with E-state index in [1.807, 2.05) is 0 Å². The highest BCUT2D eigenvalue weighted by Crippen LogP contribution is 2.35. The predicted molar refractivity (Wildman–Crippen MR) is 65.9 cm³/mol. The molecule has 2 rings (SSSR count). The molecule has 1 heterocycles. The van der Waals surface area contributed by atoms with Crippen LogP contribution in [0.3, 0.4) is 0 Å². The molecule has 1 aromatic carbocycles. The van der Waals surface area contributed by atoms with E-state index < -0.39 is 5.92 Å². The summed E-state index contributed by atoms with van der Waals surface area (Å²) in [5.74, 6) is -1.44. The smallest absolute Gasteiger partial charge is 0.265 e. The van der Waals surface area contributed by atoms with Crippen LogP contribution in [0.15, 0.2) is 18.2 Å². The van der Waals surface area contributed by atoms with Gasteiger partial charge in [-0.25, -0.2) is 8.78 Å². The van der Waals surface area contributed by atoms with E-state index in [9.17, 15) is 8.78 Å². The molecule has 1 saturated heterocycles. The summed E-state index contributed by atoms with van der Waals surface area (Å²) in [6.07, 6.45) is 0.470. The van der Waals surface area contributed by atoms with Crippen molar-refractivity contribution < 1.29 is 18.3 Å². The molecule has 0 spiro atoms. The minimum absolute atomic E-state index is 0.0310. The summed E-state index contributed by atoms with van der Waals surface area (Å²) >= 11 is 0. The van der Waals surface area contributed by atoms with E-state index in [1.54, 1.807) is 30.2 Å². The second kappa shape index (κ2) is 5.00. The minimum Gasteiger partial charge on any atom is -0.493 e. The number of methoxy groups -OCH3 is 2. The molecule has 100 valence electrons. The average Bonchev–Trinajstić information content (AvgIpc) is 2.36. The molecule has 0 bridgehead atoms. The van der Waals surface area contributed by atoms with Crippen LogP contribution in [0.1, 0.15) is 12.8 Å². The number of hydrogen-bond donors (Lipinski definition) is 0. The number of hydrogen-bond acceptors (Lipinski definition) is 3. The third-order valence-electron chi connectivity index (χ3n) is 3.13. The summed E-state index contributed by atoms with van der Waals surface area (Å²) in [6, 6.07) is 5.25.